The molecule has 1 aliphatic rings. The molecule has 0 atom stereocenters. The van der Waals surface area contributed by atoms with Crippen molar-refractivity contribution in [2.75, 3.05) is 17.2 Å². The Morgan fingerprint density at radius 3 is 2.56 bits per heavy atom. The maximum atomic E-state index is 13.6. The van der Waals surface area contributed by atoms with Crippen molar-refractivity contribution in [1.29, 1.82) is 0 Å². The number of nitrogens with two attached hydrogens (primary N) is 1. The molecule has 4 nitrogen and oxygen atoms in total. The average molecular weight is 287 g/mol. The third-order valence-electron chi connectivity index (χ3n) is 2.31. The number of amides is 1. The minimum atomic E-state index is -0.616. The Balaban J connectivity index is 2.48. The molecule has 0 aromatic heterocycles. The largest absolute Gasteiger partial charge is 0.397 e. The highest BCUT2D eigenvalue weighted by Gasteiger charge is 2.31. The van der Waals surface area contributed by atoms with Gasteiger partial charge in [0.15, 0.2) is 5.78 Å². The summed E-state index contributed by atoms with van der Waals surface area (Å²) in [5.41, 5.74) is 5.75. The number of anilines is 2. The van der Waals surface area contributed by atoms with Gasteiger partial charge in [0.2, 0.25) is 5.91 Å². The van der Waals surface area contributed by atoms with E-state index in [1.807, 2.05) is 0 Å². The van der Waals surface area contributed by atoms with Gasteiger partial charge in [-0.3, -0.25) is 9.59 Å². The van der Waals surface area contributed by atoms with Crippen LogP contribution in [-0.2, 0) is 9.59 Å². The lowest BCUT2D eigenvalue weighted by Crippen LogP contribution is -2.26. The molecule has 1 amide bonds. The van der Waals surface area contributed by atoms with Crippen molar-refractivity contribution >= 4 is 39.0 Å². The van der Waals surface area contributed by atoms with Gasteiger partial charge in [-0.25, -0.2) is 4.39 Å². The van der Waals surface area contributed by atoms with E-state index in [-0.39, 0.29) is 30.1 Å². The molecule has 1 fully saturated rings. The zero-order valence-electron chi connectivity index (χ0n) is 8.17. The van der Waals surface area contributed by atoms with E-state index in [1.165, 1.54) is 12.1 Å². The van der Waals surface area contributed by atoms with Crippen LogP contribution in [-0.4, -0.2) is 18.2 Å². The topological polar surface area (TPSA) is 63.4 Å². The van der Waals surface area contributed by atoms with E-state index < -0.39 is 11.7 Å². The second-order valence-corrected chi connectivity index (χ2v) is 4.44. The van der Waals surface area contributed by atoms with Crippen LogP contribution in [0.5, 0.6) is 0 Å². The molecular formula is C10H8BrFN2O2. The summed E-state index contributed by atoms with van der Waals surface area (Å²) in [5.74, 6) is -1.26. The average Bonchev–Trinajstić information content (AvgIpc) is 2.43. The molecule has 1 aliphatic heterocycles. The lowest BCUT2D eigenvalue weighted by atomic mass is 10.2. The fourth-order valence-corrected chi connectivity index (χ4v) is 2.11. The first kappa shape index (κ1) is 11.1. The Morgan fingerprint density at radius 1 is 1.38 bits per heavy atom. The molecule has 0 saturated carbocycles. The SMILES string of the molecule is Nc1cc(Br)cc(F)c1N1CC(=O)CC1=O. The molecule has 6 heteroatoms. The van der Waals surface area contributed by atoms with E-state index >= 15 is 0 Å². The Labute approximate surface area is 99.3 Å². The van der Waals surface area contributed by atoms with Crippen molar-refractivity contribution in [3.05, 3.63) is 22.4 Å². The van der Waals surface area contributed by atoms with Gasteiger partial charge in [-0.05, 0) is 12.1 Å². The Hall–Kier alpha value is -1.43. The van der Waals surface area contributed by atoms with Crippen LogP contribution in [0.4, 0.5) is 15.8 Å². The predicted octanol–water partition coefficient (Wildman–Crippen LogP) is 1.48. The molecule has 2 N–H and O–H groups in total. The molecule has 1 saturated heterocycles. The zero-order valence-corrected chi connectivity index (χ0v) is 9.75. The number of hydrogen-bond donors (Lipinski definition) is 1. The summed E-state index contributed by atoms with van der Waals surface area (Å²) in [6.07, 6.45) is -0.186. The molecule has 1 aromatic carbocycles. The van der Waals surface area contributed by atoms with E-state index in [1.54, 1.807) is 0 Å². The Morgan fingerprint density at radius 2 is 2.06 bits per heavy atom. The normalized spacial score (nSPS) is 16.0. The van der Waals surface area contributed by atoms with Crippen LogP contribution in [0, 0.1) is 5.82 Å². The van der Waals surface area contributed by atoms with E-state index in [0.29, 0.717) is 4.47 Å². The number of carbonyl (C=O) groups is 2. The van der Waals surface area contributed by atoms with Crippen molar-refractivity contribution in [3.8, 4) is 0 Å². The van der Waals surface area contributed by atoms with Crippen LogP contribution in [0.3, 0.4) is 0 Å². The van der Waals surface area contributed by atoms with Crippen LogP contribution < -0.4 is 10.6 Å². The number of Topliss-reactive ketones (excluding diaryl/α,β-unsaturated/α-hetero) is 1. The standard InChI is InChI=1S/C10H8BrFN2O2/c11-5-1-7(12)10(8(13)2-5)14-4-6(15)3-9(14)16/h1-2H,3-4,13H2. The zero-order chi connectivity index (χ0) is 11.9. The maximum absolute atomic E-state index is 13.6. The molecule has 16 heavy (non-hydrogen) atoms. The summed E-state index contributed by atoms with van der Waals surface area (Å²) in [4.78, 5) is 23.6. The van der Waals surface area contributed by atoms with Gasteiger partial charge < -0.3 is 10.6 Å². The quantitative estimate of drug-likeness (QED) is 0.628. The van der Waals surface area contributed by atoms with Crippen molar-refractivity contribution < 1.29 is 14.0 Å². The third-order valence-corrected chi connectivity index (χ3v) is 2.77. The number of nitrogen functional groups attached to an aromatic ring is 1. The van der Waals surface area contributed by atoms with E-state index in [9.17, 15) is 14.0 Å². The predicted molar refractivity (Wildman–Crippen MR) is 60.5 cm³/mol. The third kappa shape index (κ3) is 1.80. The monoisotopic (exact) mass is 286 g/mol. The summed E-state index contributed by atoms with van der Waals surface area (Å²) < 4.78 is 14.1. The number of halogens is 2. The molecule has 0 aliphatic carbocycles. The minimum Gasteiger partial charge on any atom is -0.397 e. The summed E-state index contributed by atoms with van der Waals surface area (Å²) >= 11 is 3.09. The van der Waals surface area contributed by atoms with Gasteiger partial charge >= 0.3 is 0 Å². The number of carbonyl (C=O) groups excluding carboxylic acids is 2. The second-order valence-electron chi connectivity index (χ2n) is 3.52. The number of ketones is 1. The molecule has 1 heterocycles. The van der Waals surface area contributed by atoms with E-state index in [4.69, 9.17) is 5.73 Å². The lowest BCUT2D eigenvalue weighted by molar-refractivity contribution is -0.121. The fourth-order valence-electron chi connectivity index (χ4n) is 1.66. The maximum Gasteiger partial charge on any atom is 0.235 e. The molecule has 0 bridgehead atoms. The molecule has 2 rings (SSSR count). The number of nitrogens with zero attached hydrogens (tertiary/aromatic N) is 1. The van der Waals surface area contributed by atoms with Gasteiger partial charge in [0, 0.05) is 4.47 Å². The van der Waals surface area contributed by atoms with Crippen molar-refractivity contribution in [1.82, 2.24) is 0 Å². The number of benzene rings is 1. The molecule has 84 valence electrons. The lowest BCUT2D eigenvalue weighted by Gasteiger charge is -2.18. The van der Waals surface area contributed by atoms with Crippen LogP contribution >= 0.6 is 15.9 Å². The second kappa shape index (κ2) is 3.86. The smallest absolute Gasteiger partial charge is 0.235 e. The van der Waals surface area contributed by atoms with Crippen LogP contribution in [0.25, 0.3) is 0 Å². The summed E-state index contributed by atoms with van der Waals surface area (Å²) in [6.45, 7) is -0.110. The van der Waals surface area contributed by atoms with Gasteiger partial charge in [-0.1, -0.05) is 15.9 Å². The number of hydrogen-bond acceptors (Lipinski definition) is 3. The number of rotatable bonds is 1. The van der Waals surface area contributed by atoms with Gasteiger partial charge in [-0.15, -0.1) is 0 Å². The van der Waals surface area contributed by atoms with Gasteiger partial charge in [-0.2, -0.15) is 0 Å². The minimum absolute atomic E-state index is 0.0148. The van der Waals surface area contributed by atoms with Crippen LogP contribution in [0.2, 0.25) is 0 Å². The Kier molecular flexibility index (Phi) is 2.67. The molecule has 0 unspecified atom stereocenters. The van der Waals surface area contributed by atoms with Crippen LogP contribution in [0.1, 0.15) is 6.42 Å². The first-order valence-corrected chi connectivity index (χ1v) is 5.35. The summed E-state index contributed by atoms with van der Waals surface area (Å²) in [5, 5.41) is 0. The van der Waals surface area contributed by atoms with Crippen molar-refractivity contribution in [2.45, 2.75) is 6.42 Å². The van der Waals surface area contributed by atoms with Crippen LogP contribution in [0.15, 0.2) is 16.6 Å². The first-order valence-electron chi connectivity index (χ1n) is 4.55. The Bertz CT molecular complexity index is 467. The van der Waals surface area contributed by atoms with Gasteiger partial charge in [0.25, 0.3) is 0 Å². The highest BCUT2D eigenvalue weighted by atomic mass is 79.9. The molecular weight excluding hydrogens is 279 g/mol. The van der Waals surface area contributed by atoms with E-state index in [2.05, 4.69) is 15.9 Å². The van der Waals surface area contributed by atoms with Gasteiger partial charge in [0.05, 0.1) is 18.7 Å². The van der Waals surface area contributed by atoms with Crippen molar-refractivity contribution in [3.63, 3.8) is 0 Å². The van der Waals surface area contributed by atoms with Crippen molar-refractivity contribution in [2.24, 2.45) is 0 Å². The first-order chi connectivity index (χ1) is 7.49. The fraction of sp³-hybridized carbons (Fsp3) is 0.200. The molecule has 0 radical (unpaired) electrons. The van der Waals surface area contributed by atoms with E-state index in [0.717, 1.165) is 4.90 Å². The highest BCUT2D eigenvalue weighted by Crippen LogP contribution is 2.32. The molecule has 0 spiro atoms. The summed E-state index contributed by atoms with van der Waals surface area (Å²) in [7, 11) is 0. The highest BCUT2D eigenvalue weighted by molar-refractivity contribution is 9.10. The summed E-state index contributed by atoms with van der Waals surface area (Å²) in [6, 6.07) is 2.70. The van der Waals surface area contributed by atoms with Gasteiger partial charge in [0.1, 0.15) is 11.5 Å². The molecule has 1 aromatic rings.